The number of carboxylic acids is 1. The van der Waals surface area contributed by atoms with Gasteiger partial charge in [0.1, 0.15) is 18.1 Å². The second kappa shape index (κ2) is 16.9. The van der Waals surface area contributed by atoms with E-state index >= 15 is 0 Å². The number of hydrogen-bond donors (Lipinski definition) is 10. The summed E-state index contributed by atoms with van der Waals surface area (Å²) >= 11 is 0. The number of aliphatic imine (C=N–C) groups is 1. The van der Waals surface area contributed by atoms with Crippen LogP contribution in [0.2, 0.25) is 0 Å². The predicted octanol–water partition coefficient (Wildman–Crippen LogP) is -3.62. The number of amides is 3. The molecule has 1 aromatic heterocycles. The molecule has 5 unspecified atom stereocenters. The smallest absolute Gasteiger partial charge is 0.326 e. The maximum atomic E-state index is 13.1. The van der Waals surface area contributed by atoms with E-state index in [-0.39, 0.29) is 31.8 Å². The first-order valence-corrected chi connectivity index (χ1v) is 12.3. The normalized spacial score (nSPS) is 14.8. The van der Waals surface area contributed by atoms with E-state index in [9.17, 15) is 29.4 Å². The van der Waals surface area contributed by atoms with E-state index in [1.165, 1.54) is 19.4 Å². The van der Waals surface area contributed by atoms with Crippen molar-refractivity contribution in [1.82, 2.24) is 25.9 Å². The van der Waals surface area contributed by atoms with Gasteiger partial charge in [-0.3, -0.25) is 19.4 Å². The minimum Gasteiger partial charge on any atom is -0.480 e. The van der Waals surface area contributed by atoms with Crippen LogP contribution in [0.3, 0.4) is 0 Å². The quantitative estimate of drug-likeness (QED) is 0.0492. The summed E-state index contributed by atoms with van der Waals surface area (Å²) < 4.78 is 0. The number of nitrogens with two attached hydrogens (primary N) is 4. The van der Waals surface area contributed by atoms with E-state index in [0.717, 1.165) is 0 Å². The van der Waals surface area contributed by atoms with Crippen molar-refractivity contribution in [2.24, 2.45) is 27.9 Å². The molecule has 16 nitrogen and oxygen atoms in total. The lowest BCUT2D eigenvalue weighted by atomic mass is 10.0. The zero-order valence-electron chi connectivity index (χ0n) is 21.4. The number of rotatable bonds is 18. The second-order valence-electron chi connectivity index (χ2n) is 8.81. The topological polar surface area (TPSA) is 290 Å². The number of carboxylic acid groups (broad SMARTS) is 1. The minimum atomic E-state index is -1.49. The Bertz CT molecular complexity index is 920. The summed E-state index contributed by atoms with van der Waals surface area (Å²) in [7, 11) is 0. The summed E-state index contributed by atoms with van der Waals surface area (Å²) in [5.41, 5.74) is 22.5. The molecule has 0 radical (unpaired) electrons. The molecule has 1 aromatic rings. The number of aliphatic hydroxyl groups excluding tert-OH is 1. The highest BCUT2D eigenvalue weighted by atomic mass is 16.4. The molecule has 0 aliphatic rings. The number of guanidine groups is 1. The van der Waals surface area contributed by atoms with Crippen molar-refractivity contribution >= 4 is 29.7 Å². The van der Waals surface area contributed by atoms with Crippen molar-refractivity contribution in [3.63, 3.8) is 0 Å². The van der Waals surface area contributed by atoms with Gasteiger partial charge in [0, 0.05) is 24.9 Å². The van der Waals surface area contributed by atoms with E-state index in [1.807, 2.05) is 0 Å². The van der Waals surface area contributed by atoms with Crippen LogP contribution in [0.4, 0.5) is 0 Å². The lowest BCUT2D eigenvalue weighted by Gasteiger charge is -2.26. The Balaban J connectivity index is 2.87. The van der Waals surface area contributed by atoms with Crippen molar-refractivity contribution in [2.75, 3.05) is 13.1 Å². The molecule has 0 fully saturated rings. The number of carbonyl (C=O) groups is 4. The molecule has 0 bridgehead atoms. The first kappa shape index (κ1) is 32.3. The van der Waals surface area contributed by atoms with Gasteiger partial charge in [-0.05, 0) is 45.6 Å². The highest BCUT2D eigenvalue weighted by molar-refractivity contribution is 5.94. The van der Waals surface area contributed by atoms with Crippen LogP contribution in [0, 0.1) is 0 Å². The molecule has 0 aliphatic carbocycles. The van der Waals surface area contributed by atoms with Gasteiger partial charge in [0.25, 0.3) is 0 Å². The fraction of sp³-hybridized carbons (Fsp3) is 0.636. The third kappa shape index (κ3) is 12.0. The van der Waals surface area contributed by atoms with Crippen LogP contribution < -0.4 is 38.9 Å². The van der Waals surface area contributed by atoms with Crippen LogP contribution in [0.25, 0.3) is 0 Å². The number of unbranched alkanes of at least 4 members (excludes halogenated alkanes) is 1. The monoisotopic (exact) mass is 540 g/mol. The van der Waals surface area contributed by atoms with Gasteiger partial charge >= 0.3 is 5.97 Å². The maximum Gasteiger partial charge on any atom is 0.326 e. The zero-order valence-corrected chi connectivity index (χ0v) is 21.4. The van der Waals surface area contributed by atoms with Gasteiger partial charge in [-0.25, -0.2) is 9.78 Å². The van der Waals surface area contributed by atoms with Crippen molar-refractivity contribution in [1.29, 1.82) is 0 Å². The molecule has 5 atom stereocenters. The SMILES string of the molecule is CC(O)C(NC(=O)C(CCCCN)NC(=O)C(N)CCCN=C(N)N)C(=O)NC(Cc1cnc[nH]1)C(=O)O. The number of nitrogens with one attached hydrogen (secondary N) is 4. The Morgan fingerprint density at radius 3 is 2.26 bits per heavy atom. The summed E-state index contributed by atoms with van der Waals surface area (Å²) in [5.74, 6) is -3.64. The molecule has 214 valence electrons. The fourth-order valence-electron chi connectivity index (χ4n) is 3.43. The molecule has 38 heavy (non-hydrogen) atoms. The van der Waals surface area contributed by atoms with Gasteiger partial charge in [-0.15, -0.1) is 0 Å². The molecule has 16 heteroatoms. The fourth-order valence-corrected chi connectivity index (χ4v) is 3.43. The van der Waals surface area contributed by atoms with Crippen molar-refractivity contribution in [2.45, 2.75) is 75.7 Å². The van der Waals surface area contributed by atoms with E-state index in [1.54, 1.807) is 0 Å². The predicted molar refractivity (Wildman–Crippen MR) is 138 cm³/mol. The van der Waals surface area contributed by atoms with Crippen LogP contribution in [0.5, 0.6) is 0 Å². The molecule has 1 rings (SSSR count). The van der Waals surface area contributed by atoms with Crippen molar-refractivity contribution < 1.29 is 29.4 Å². The molecule has 1 heterocycles. The molecule has 0 aliphatic heterocycles. The van der Waals surface area contributed by atoms with Gasteiger partial charge in [0.05, 0.1) is 18.5 Å². The molecule has 14 N–H and O–H groups in total. The molecule has 0 spiro atoms. The highest BCUT2D eigenvalue weighted by Crippen LogP contribution is 2.06. The summed E-state index contributed by atoms with van der Waals surface area (Å²) in [6, 6.07) is -4.86. The Labute approximate surface area is 220 Å². The van der Waals surface area contributed by atoms with Crippen molar-refractivity contribution in [3.8, 4) is 0 Å². The van der Waals surface area contributed by atoms with E-state index in [2.05, 4.69) is 30.9 Å². The van der Waals surface area contributed by atoms with Gasteiger partial charge in [-0.1, -0.05) is 0 Å². The number of H-pyrrole nitrogens is 1. The lowest BCUT2D eigenvalue weighted by molar-refractivity contribution is -0.143. The summed E-state index contributed by atoms with van der Waals surface area (Å²) in [5, 5.41) is 27.0. The molecule has 0 saturated carbocycles. The second-order valence-corrected chi connectivity index (χ2v) is 8.81. The van der Waals surface area contributed by atoms with Gasteiger partial charge in [0.2, 0.25) is 17.7 Å². The van der Waals surface area contributed by atoms with E-state index in [0.29, 0.717) is 31.5 Å². The Kier molecular flexibility index (Phi) is 14.3. The third-order valence-corrected chi connectivity index (χ3v) is 5.54. The molecular formula is C22H40N10O6. The number of aliphatic carboxylic acids is 1. The van der Waals surface area contributed by atoms with Crippen LogP contribution in [0.15, 0.2) is 17.5 Å². The van der Waals surface area contributed by atoms with E-state index < -0.39 is 54.0 Å². The van der Waals surface area contributed by atoms with Crippen LogP contribution >= 0.6 is 0 Å². The molecule has 0 aromatic carbocycles. The number of aromatic nitrogens is 2. The first-order chi connectivity index (χ1) is 18.0. The summed E-state index contributed by atoms with van der Waals surface area (Å²) in [6.45, 7) is 1.93. The van der Waals surface area contributed by atoms with Gasteiger partial charge < -0.3 is 54.1 Å². The first-order valence-electron chi connectivity index (χ1n) is 12.3. The summed E-state index contributed by atoms with van der Waals surface area (Å²) in [4.78, 5) is 60.5. The average Bonchev–Trinajstić information content (AvgIpc) is 3.36. The number of nitrogens with zero attached hydrogens (tertiary/aromatic N) is 2. The molecule has 0 saturated heterocycles. The number of carbonyl (C=O) groups excluding carboxylic acids is 3. The zero-order chi connectivity index (χ0) is 28.7. The van der Waals surface area contributed by atoms with E-state index in [4.69, 9.17) is 22.9 Å². The highest BCUT2D eigenvalue weighted by Gasteiger charge is 2.32. The number of imidazole rings is 1. The molecule has 3 amide bonds. The van der Waals surface area contributed by atoms with Crippen molar-refractivity contribution in [3.05, 3.63) is 18.2 Å². The van der Waals surface area contributed by atoms with Gasteiger partial charge in [0.15, 0.2) is 5.96 Å². The molecular weight excluding hydrogens is 500 g/mol. The Hall–Kier alpha value is -3.76. The standard InChI is InChI=1S/C22H40N10O6/c1-12(33)17(20(36)31-16(21(37)38)9-13-10-27-11-29-13)32-19(35)15(6-2-3-7-23)30-18(34)14(24)5-4-8-28-22(25)26/h10-12,14-17,33H,2-9,23-24H2,1H3,(H,27,29)(H,30,34)(H,31,36)(H,32,35)(H,37,38)(H4,25,26,28). The third-order valence-electron chi connectivity index (χ3n) is 5.54. The van der Waals surface area contributed by atoms with Crippen LogP contribution in [-0.2, 0) is 25.6 Å². The Morgan fingerprint density at radius 2 is 1.71 bits per heavy atom. The largest absolute Gasteiger partial charge is 0.480 e. The van der Waals surface area contributed by atoms with Crippen LogP contribution in [-0.4, -0.2) is 93.2 Å². The number of hydrogen-bond acceptors (Lipinski definition) is 9. The van der Waals surface area contributed by atoms with Gasteiger partial charge in [-0.2, -0.15) is 0 Å². The minimum absolute atomic E-state index is 0.0765. The number of aliphatic hydroxyl groups is 1. The number of aromatic amines is 1. The summed E-state index contributed by atoms with van der Waals surface area (Å²) in [6.07, 6.45) is 3.26. The maximum absolute atomic E-state index is 13.1. The van der Waals surface area contributed by atoms with Crippen LogP contribution in [0.1, 0.15) is 44.7 Å². The average molecular weight is 541 g/mol. The lowest BCUT2D eigenvalue weighted by Crippen LogP contribution is -2.60. The Morgan fingerprint density at radius 1 is 1.03 bits per heavy atom.